The Kier molecular flexibility index (Phi) is 7.73. The first-order valence-corrected chi connectivity index (χ1v) is 10.4. The molecule has 1 heterocycles. The van der Waals surface area contributed by atoms with Crippen LogP contribution in [0.4, 0.5) is 0 Å². The smallest absolute Gasteiger partial charge is 0.342 e. The number of rotatable bonds is 9. The van der Waals surface area contributed by atoms with Crippen LogP contribution in [0.3, 0.4) is 0 Å². The zero-order chi connectivity index (χ0) is 20.7. The molecule has 0 aliphatic carbocycles. The van der Waals surface area contributed by atoms with Crippen molar-refractivity contribution in [3.63, 3.8) is 0 Å². The van der Waals surface area contributed by atoms with E-state index in [0.717, 1.165) is 43.2 Å². The van der Waals surface area contributed by atoms with Crippen molar-refractivity contribution in [1.82, 2.24) is 0 Å². The van der Waals surface area contributed by atoms with E-state index < -0.39 is 11.6 Å². The predicted molar refractivity (Wildman–Crippen MR) is 114 cm³/mol. The van der Waals surface area contributed by atoms with E-state index in [-0.39, 0.29) is 17.9 Å². The van der Waals surface area contributed by atoms with Crippen LogP contribution in [0.15, 0.2) is 23.8 Å². The summed E-state index contributed by atoms with van der Waals surface area (Å²) >= 11 is 0. The number of ether oxygens (including phenoxy) is 2. The van der Waals surface area contributed by atoms with Gasteiger partial charge in [-0.2, -0.15) is 0 Å². The molecule has 2 rings (SSSR count). The van der Waals surface area contributed by atoms with Gasteiger partial charge < -0.3 is 14.6 Å². The van der Waals surface area contributed by atoms with Crippen LogP contribution in [0.25, 0.3) is 6.08 Å². The fraction of sp³-hybridized carbons (Fsp3) is 0.542. The van der Waals surface area contributed by atoms with Gasteiger partial charge >= 0.3 is 5.97 Å². The van der Waals surface area contributed by atoms with Crippen LogP contribution < -0.4 is 4.74 Å². The summed E-state index contributed by atoms with van der Waals surface area (Å²) < 4.78 is 11.5. The molecule has 1 aromatic carbocycles. The van der Waals surface area contributed by atoms with Crippen molar-refractivity contribution in [1.29, 1.82) is 0 Å². The van der Waals surface area contributed by atoms with Crippen molar-refractivity contribution >= 4 is 12.0 Å². The lowest BCUT2D eigenvalue weighted by Gasteiger charge is -2.33. The predicted octanol–water partition coefficient (Wildman–Crippen LogP) is 6.21. The zero-order valence-electron chi connectivity index (χ0n) is 17.9. The maximum atomic E-state index is 12.5. The average Bonchev–Trinajstić information content (AvgIpc) is 2.61. The molecule has 1 N–H and O–H groups in total. The summed E-state index contributed by atoms with van der Waals surface area (Å²) in [4.78, 5) is 12.5. The van der Waals surface area contributed by atoms with Gasteiger partial charge in [-0.3, -0.25) is 0 Å². The summed E-state index contributed by atoms with van der Waals surface area (Å²) in [5, 5.41) is 10.6. The SMILES string of the molecule is CCCCCc1c2c(cc(O)c1C(=O)OCC)OC(C)(CCC=C(C)C)C=C2. The molecule has 154 valence electrons. The van der Waals surface area contributed by atoms with Crippen molar-refractivity contribution in [2.24, 2.45) is 0 Å². The average molecular weight is 387 g/mol. The molecule has 4 nitrogen and oxygen atoms in total. The Labute approximate surface area is 169 Å². The fourth-order valence-corrected chi connectivity index (χ4v) is 3.55. The van der Waals surface area contributed by atoms with Crippen LogP contribution in [0.2, 0.25) is 0 Å². The minimum absolute atomic E-state index is 0.0642. The minimum Gasteiger partial charge on any atom is -0.507 e. The highest BCUT2D eigenvalue weighted by atomic mass is 16.5. The molecular formula is C24H34O4. The number of carbonyl (C=O) groups excluding carboxylic acids is 1. The number of hydrogen-bond acceptors (Lipinski definition) is 4. The van der Waals surface area contributed by atoms with Gasteiger partial charge in [-0.1, -0.05) is 37.5 Å². The van der Waals surface area contributed by atoms with Gasteiger partial charge in [0.15, 0.2) is 0 Å². The third-order valence-electron chi connectivity index (χ3n) is 5.07. The Morgan fingerprint density at radius 1 is 1.29 bits per heavy atom. The van der Waals surface area contributed by atoms with E-state index in [4.69, 9.17) is 9.47 Å². The molecule has 1 atom stereocenters. The van der Waals surface area contributed by atoms with Crippen LogP contribution in [0, 0.1) is 0 Å². The maximum absolute atomic E-state index is 12.5. The topological polar surface area (TPSA) is 55.8 Å². The van der Waals surface area contributed by atoms with E-state index >= 15 is 0 Å². The van der Waals surface area contributed by atoms with Gasteiger partial charge in [-0.25, -0.2) is 4.79 Å². The molecule has 0 radical (unpaired) electrons. The van der Waals surface area contributed by atoms with Gasteiger partial charge in [0.2, 0.25) is 0 Å². The lowest BCUT2D eigenvalue weighted by Crippen LogP contribution is -2.32. The van der Waals surface area contributed by atoms with Gasteiger partial charge in [0.25, 0.3) is 0 Å². The second-order valence-corrected chi connectivity index (χ2v) is 7.91. The highest BCUT2D eigenvalue weighted by molar-refractivity contribution is 5.96. The van der Waals surface area contributed by atoms with Gasteiger partial charge in [0.1, 0.15) is 22.7 Å². The molecule has 1 unspecified atom stereocenters. The molecule has 0 amide bonds. The summed E-state index contributed by atoms with van der Waals surface area (Å²) in [6, 6.07) is 1.56. The molecule has 0 spiro atoms. The van der Waals surface area contributed by atoms with Crippen LogP contribution >= 0.6 is 0 Å². The maximum Gasteiger partial charge on any atom is 0.342 e. The standard InChI is InChI=1S/C24H34O4/c1-6-8-9-12-19-18-13-15-24(5,14-10-11-17(3)4)28-21(18)16-20(25)22(19)23(26)27-7-2/h11,13,15-16,25H,6-10,12,14H2,1-5H3. The normalized spacial score (nSPS) is 17.6. The van der Waals surface area contributed by atoms with Crippen LogP contribution in [0.1, 0.15) is 88.2 Å². The Balaban J connectivity index is 2.40. The van der Waals surface area contributed by atoms with Crippen molar-refractivity contribution in [3.8, 4) is 11.5 Å². The molecule has 0 fully saturated rings. The summed E-state index contributed by atoms with van der Waals surface area (Å²) in [5.74, 6) is 0.101. The van der Waals surface area contributed by atoms with E-state index in [1.54, 1.807) is 13.0 Å². The van der Waals surface area contributed by atoms with E-state index in [0.29, 0.717) is 12.2 Å². The van der Waals surface area contributed by atoms with Crippen LogP contribution in [-0.4, -0.2) is 23.3 Å². The monoisotopic (exact) mass is 386 g/mol. The lowest BCUT2D eigenvalue weighted by atomic mass is 9.89. The second kappa shape index (κ2) is 9.81. The van der Waals surface area contributed by atoms with Crippen molar-refractivity contribution in [3.05, 3.63) is 40.5 Å². The number of unbranched alkanes of at least 4 members (excludes halogenated alkanes) is 2. The Morgan fingerprint density at radius 3 is 2.68 bits per heavy atom. The van der Waals surface area contributed by atoms with Crippen molar-refractivity contribution in [2.75, 3.05) is 6.61 Å². The third kappa shape index (κ3) is 5.40. The van der Waals surface area contributed by atoms with E-state index in [1.165, 1.54) is 5.57 Å². The van der Waals surface area contributed by atoms with E-state index in [1.807, 2.05) is 6.08 Å². The van der Waals surface area contributed by atoms with Gasteiger partial charge in [-0.15, -0.1) is 0 Å². The molecule has 1 aliphatic heterocycles. The number of benzene rings is 1. The van der Waals surface area contributed by atoms with Crippen LogP contribution in [0.5, 0.6) is 11.5 Å². The second-order valence-electron chi connectivity index (χ2n) is 7.91. The Morgan fingerprint density at radius 2 is 2.04 bits per heavy atom. The number of hydrogen-bond donors (Lipinski definition) is 1. The summed E-state index contributed by atoms with van der Waals surface area (Å²) in [5.41, 5.74) is 2.84. The largest absolute Gasteiger partial charge is 0.507 e. The first-order chi connectivity index (χ1) is 13.3. The van der Waals surface area contributed by atoms with E-state index in [2.05, 4.69) is 39.8 Å². The van der Waals surface area contributed by atoms with Gasteiger partial charge in [-0.05, 0) is 65.0 Å². The van der Waals surface area contributed by atoms with Crippen LogP contribution in [-0.2, 0) is 11.2 Å². The van der Waals surface area contributed by atoms with Crippen molar-refractivity contribution in [2.45, 2.75) is 78.7 Å². The molecule has 0 saturated heterocycles. The summed E-state index contributed by atoms with van der Waals surface area (Å²) in [6.45, 7) is 10.4. The first kappa shape index (κ1) is 22.1. The number of phenolic OH excluding ortho intramolecular Hbond substituents is 1. The molecule has 0 bridgehead atoms. The highest BCUT2D eigenvalue weighted by Gasteiger charge is 2.31. The van der Waals surface area contributed by atoms with Crippen molar-refractivity contribution < 1.29 is 19.4 Å². The lowest BCUT2D eigenvalue weighted by molar-refractivity contribution is 0.0521. The number of aromatic hydroxyl groups is 1. The number of carbonyl (C=O) groups is 1. The Hall–Kier alpha value is -2.23. The number of esters is 1. The fourth-order valence-electron chi connectivity index (χ4n) is 3.55. The molecule has 0 saturated carbocycles. The summed E-state index contributed by atoms with van der Waals surface area (Å²) in [6.07, 6.45) is 11.9. The highest BCUT2D eigenvalue weighted by Crippen LogP contribution is 2.41. The number of fused-ring (bicyclic) bond motifs is 1. The third-order valence-corrected chi connectivity index (χ3v) is 5.07. The Bertz CT molecular complexity index is 756. The van der Waals surface area contributed by atoms with E-state index in [9.17, 15) is 9.90 Å². The number of allylic oxidation sites excluding steroid dienone is 2. The minimum atomic E-state index is -0.473. The quantitative estimate of drug-likeness (QED) is 0.311. The summed E-state index contributed by atoms with van der Waals surface area (Å²) in [7, 11) is 0. The molecular weight excluding hydrogens is 352 g/mol. The molecule has 1 aromatic rings. The first-order valence-electron chi connectivity index (χ1n) is 10.4. The molecule has 4 heteroatoms. The molecule has 28 heavy (non-hydrogen) atoms. The van der Waals surface area contributed by atoms with Gasteiger partial charge in [0.05, 0.1) is 6.61 Å². The van der Waals surface area contributed by atoms with Gasteiger partial charge in [0, 0.05) is 11.6 Å². The molecule has 1 aliphatic rings. The zero-order valence-corrected chi connectivity index (χ0v) is 17.9. The molecule has 0 aromatic heterocycles. The number of phenols is 1.